The van der Waals surface area contributed by atoms with Gasteiger partial charge in [0.2, 0.25) is 5.95 Å². The highest BCUT2D eigenvalue weighted by molar-refractivity contribution is 6.30. The first-order valence-corrected chi connectivity index (χ1v) is 11.0. The summed E-state index contributed by atoms with van der Waals surface area (Å²) in [7, 11) is 0. The minimum Gasteiger partial charge on any atom is -0.325 e. The van der Waals surface area contributed by atoms with Gasteiger partial charge in [-0.25, -0.2) is 14.2 Å². The fourth-order valence-electron chi connectivity index (χ4n) is 3.33. The first-order chi connectivity index (χ1) is 15.7. The molecule has 1 heterocycles. The molecule has 10 heteroatoms. The van der Waals surface area contributed by atoms with Crippen molar-refractivity contribution in [3.05, 3.63) is 85.6 Å². The van der Waals surface area contributed by atoms with E-state index >= 15 is 0 Å². The number of alkyl halides is 3. The van der Waals surface area contributed by atoms with E-state index in [2.05, 4.69) is 17.2 Å². The molecule has 0 aliphatic heterocycles. The first kappa shape index (κ1) is 24.6. The number of hydrogen-bond acceptors (Lipinski definition) is 4. The van der Waals surface area contributed by atoms with Crippen molar-refractivity contribution in [2.45, 2.75) is 51.9 Å². The highest BCUT2D eigenvalue weighted by Crippen LogP contribution is 2.31. The number of hydrogen-bond donors (Lipinski definition) is 1. The Bertz CT molecular complexity index is 1200. The summed E-state index contributed by atoms with van der Waals surface area (Å²) >= 11 is 5.93. The maximum atomic E-state index is 13.2. The Balaban J connectivity index is 2.01. The van der Waals surface area contributed by atoms with E-state index in [4.69, 9.17) is 11.6 Å². The van der Waals surface area contributed by atoms with Gasteiger partial charge in [0.25, 0.3) is 0 Å². The van der Waals surface area contributed by atoms with Crippen molar-refractivity contribution >= 4 is 23.2 Å². The Morgan fingerprint density at radius 1 is 1.00 bits per heavy atom. The molecule has 33 heavy (non-hydrogen) atoms. The number of anilines is 2. The van der Waals surface area contributed by atoms with Crippen molar-refractivity contribution in [1.29, 1.82) is 0 Å². The van der Waals surface area contributed by atoms with Gasteiger partial charge in [0.05, 0.1) is 12.1 Å². The van der Waals surface area contributed by atoms with Gasteiger partial charge in [-0.05, 0) is 42.3 Å². The molecule has 1 aromatic heterocycles. The third kappa shape index (κ3) is 6.47. The van der Waals surface area contributed by atoms with E-state index in [-0.39, 0.29) is 24.7 Å². The molecule has 0 fully saturated rings. The van der Waals surface area contributed by atoms with Gasteiger partial charge in [0.15, 0.2) is 0 Å². The molecule has 3 rings (SSSR count). The summed E-state index contributed by atoms with van der Waals surface area (Å²) in [6.45, 7) is 2.33. The largest absolute Gasteiger partial charge is 0.416 e. The number of halogens is 4. The fourth-order valence-corrected chi connectivity index (χ4v) is 3.46. The molecule has 6 nitrogen and oxygen atoms in total. The highest BCUT2D eigenvalue weighted by Gasteiger charge is 2.30. The highest BCUT2D eigenvalue weighted by atomic mass is 35.5. The van der Waals surface area contributed by atoms with Crippen molar-refractivity contribution in [2.75, 3.05) is 5.32 Å². The fraction of sp³-hybridized carbons (Fsp3) is 0.348. The summed E-state index contributed by atoms with van der Waals surface area (Å²) in [6, 6.07) is 11.2. The third-order valence-corrected chi connectivity index (χ3v) is 5.34. The van der Waals surface area contributed by atoms with Gasteiger partial charge >= 0.3 is 17.6 Å². The topological polar surface area (TPSA) is 68.9 Å². The SMILES string of the molecule is CCCCCCn1c(=O)nc(Nc2cccc(C(F)(F)F)c2)n(Cc2ccc(Cl)cc2)c1=O. The van der Waals surface area contributed by atoms with Crippen LogP contribution in [-0.4, -0.2) is 14.1 Å². The molecule has 0 spiro atoms. The van der Waals surface area contributed by atoms with E-state index in [1.54, 1.807) is 24.3 Å². The van der Waals surface area contributed by atoms with E-state index in [9.17, 15) is 22.8 Å². The maximum absolute atomic E-state index is 13.2. The number of unbranched alkanes of at least 4 members (excludes halogenated alkanes) is 3. The van der Waals surface area contributed by atoms with Gasteiger partial charge in [0, 0.05) is 17.3 Å². The number of benzene rings is 2. The lowest BCUT2D eigenvalue weighted by Crippen LogP contribution is -2.42. The number of nitrogens with one attached hydrogen (secondary N) is 1. The van der Waals surface area contributed by atoms with Crippen LogP contribution in [0.15, 0.2) is 58.1 Å². The van der Waals surface area contributed by atoms with E-state index in [1.165, 1.54) is 16.7 Å². The Morgan fingerprint density at radius 3 is 2.39 bits per heavy atom. The van der Waals surface area contributed by atoms with E-state index in [0.717, 1.165) is 36.0 Å². The van der Waals surface area contributed by atoms with Gasteiger partial charge in [-0.3, -0.25) is 4.57 Å². The second-order valence-corrected chi connectivity index (χ2v) is 8.07. The van der Waals surface area contributed by atoms with Gasteiger partial charge < -0.3 is 5.32 Å². The number of nitrogens with zero attached hydrogens (tertiary/aromatic N) is 3. The lowest BCUT2D eigenvalue weighted by molar-refractivity contribution is -0.137. The first-order valence-electron chi connectivity index (χ1n) is 10.6. The Labute approximate surface area is 193 Å². The molecule has 0 saturated heterocycles. The molecular weight excluding hydrogens is 457 g/mol. The van der Waals surface area contributed by atoms with Gasteiger partial charge in [-0.1, -0.05) is 56.0 Å². The van der Waals surface area contributed by atoms with Crippen molar-refractivity contribution in [3.8, 4) is 0 Å². The molecule has 0 unspecified atom stereocenters. The van der Waals surface area contributed by atoms with Crippen LogP contribution in [0.3, 0.4) is 0 Å². The third-order valence-electron chi connectivity index (χ3n) is 5.09. The van der Waals surface area contributed by atoms with E-state index in [0.29, 0.717) is 17.0 Å². The summed E-state index contributed by atoms with van der Waals surface area (Å²) in [6.07, 6.45) is -1.03. The van der Waals surface area contributed by atoms with E-state index < -0.39 is 23.1 Å². The van der Waals surface area contributed by atoms with Gasteiger partial charge in [-0.15, -0.1) is 0 Å². The van der Waals surface area contributed by atoms with E-state index in [1.807, 2.05) is 0 Å². The molecule has 3 aromatic rings. The van der Waals surface area contributed by atoms with Crippen LogP contribution in [0.1, 0.15) is 43.7 Å². The van der Waals surface area contributed by atoms with Crippen LogP contribution in [0.4, 0.5) is 24.8 Å². The average molecular weight is 481 g/mol. The minimum atomic E-state index is -4.53. The van der Waals surface area contributed by atoms with Crippen molar-refractivity contribution < 1.29 is 13.2 Å². The number of aromatic nitrogens is 3. The monoisotopic (exact) mass is 480 g/mol. The van der Waals surface area contributed by atoms with Crippen LogP contribution in [0.25, 0.3) is 0 Å². The van der Waals surface area contributed by atoms with Crippen LogP contribution < -0.4 is 16.7 Å². The molecule has 176 valence electrons. The zero-order valence-electron chi connectivity index (χ0n) is 18.0. The summed E-state index contributed by atoms with van der Waals surface area (Å²) in [5.74, 6) is -0.135. The lowest BCUT2D eigenvalue weighted by atomic mass is 10.2. The molecule has 0 saturated carbocycles. The average Bonchev–Trinajstić information content (AvgIpc) is 2.77. The summed E-state index contributed by atoms with van der Waals surface area (Å²) < 4.78 is 41.6. The van der Waals surface area contributed by atoms with Crippen molar-refractivity contribution in [3.63, 3.8) is 0 Å². The molecule has 0 amide bonds. The van der Waals surface area contributed by atoms with Crippen molar-refractivity contribution in [2.24, 2.45) is 0 Å². The standard InChI is InChI=1S/C23H24ClF3N4O2/c1-2-3-4-5-13-30-21(32)29-20(28-19-8-6-7-17(14-19)23(25,26)27)31(22(30)33)15-16-9-11-18(24)12-10-16/h6-12,14H,2-5,13,15H2,1H3,(H,28,29,32). The minimum absolute atomic E-state index is 0.0551. The van der Waals surface area contributed by atoms with Crippen LogP contribution in [0.2, 0.25) is 5.02 Å². The number of rotatable bonds is 9. The smallest absolute Gasteiger partial charge is 0.325 e. The van der Waals surface area contributed by atoms with Gasteiger partial charge in [-0.2, -0.15) is 18.2 Å². The molecule has 0 radical (unpaired) electrons. The predicted molar refractivity (Wildman–Crippen MR) is 122 cm³/mol. The lowest BCUT2D eigenvalue weighted by Gasteiger charge is -2.16. The van der Waals surface area contributed by atoms with Crippen LogP contribution in [-0.2, 0) is 19.3 Å². The summed E-state index contributed by atoms with van der Waals surface area (Å²) in [5.41, 5.74) is -1.43. The molecule has 0 aliphatic carbocycles. The van der Waals surface area contributed by atoms with Crippen LogP contribution >= 0.6 is 11.6 Å². The Hall–Kier alpha value is -3.07. The quantitative estimate of drug-likeness (QED) is 0.413. The summed E-state index contributed by atoms with van der Waals surface area (Å²) in [4.78, 5) is 29.8. The van der Waals surface area contributed by atoms with Crippen molar-refractivity contribution in [1.82, 2.24) is 14.1 Å². The zero-order valence-corrected chi connectivity index (χ0v) is 18.8. The zero-order chi connectivity index (χ0) is 24.0. The summed E-state index contributed by atoms with van der Waals surface area (Å²) in [5, 5.41) is 3.24. The predicted octanol–water partition coefficient (Wildman–Crippen LogP) is 5.45. The maximum Gasteiger partial charge on any atom is 0.416 e. The molecule has 0 aliphatic rings. The van der Waals surface area contributed by atoms with Crippen LogP contribution in [0, 0.1) is 0 Å². The Morgan fingerprint density at radius 2 is 1.73 bits per heavy atom. The second kappa shape index (κ2) is 10.7. The molecule has 1 N–H and O–H groups in total. The second-order valence-electron chi connectivity index (χ2n) is 7.63. The normalized spacial score (nSPS) is 11.5. The van der Waals surface area contributed by atoms with Gasteiger partial charge in [0.1, 0.15) is 0 Å². The molecule has 2 aromatic carbocycles. The Kier molecular flexibility index (Phi) is 7.97. The van der Waals surface area contributed by atoms with Crippen LogP contribution in [0.5, 0.6) is 0 Å². The molecular formula is C23H24ClF3N4O2. The molecule has 0 atom stereocenters. The molecule has 0 bridgehead atoms.